The van der Waals surface area contributed by atoms with Crippen molar-refractivity contribution in [2.75, 3.05) is 31.1 Å². The number of benzene rings is 3. The Morgan fingerprint density at radius 2 is 0.957 bits per heavy atom. The van der Waals surface area contributed by atoms with E-state index in [0.29, 0.717) is 0 Å². The van der Waals surface area contributed by atoms with Crippen molar-refractivity contribution in [3.05, 3.63) is 192 Å². The van der Waals surface area contributed by atoms with Crippen molar-refractivity contribution in [1.29, 1.82) is 0 Å². The zero-order valence-corrected chi connectivity index (χ0v) is 39.0. The van der Waals surface area contributed by atoms with Crippen molar-refractivity contribution in [2.45, 2.75) is 67.0 Å². The molecule has 6 aromatic rings. The van der Waals surface area contributed by atoms with Gasteiger partial charge in [0.05, 0.1) is 26.1 Å². The number of pyridine rings is 2. The number of esters is 3. The monoisotopic (exact) mass is 950 g/mol. The number of rotatable bonds is 16. The highest BCUT2D eigenvalue weighted by Crippen LogP contribution is 2.19. The van der Waals surface area contributed by atoms with Crippen molar-refractivity contribution < 1.29 is 56.8 Å². The van der Waals surface area contributed by atoms with Crippen LogP contribution in [0.2, 0.25) is 0 Å². The average molecular weight is 951 g/mol. The molecule has 0 aliphatic carbocycles. The molecule has 0 aliphatic heterocycles. The number of nitrogens with one attached hydrogen (secondary N) is 1. The summed E-state index contributed by atoms with van der Waals surface area (Å²) >= 11 is 0. The standard InChI is InChI=1S/C20H24N2O6.C15H16N2O4.C15H14O5/c1-5-26-18(24)16-17(27-13-14-9-7-6-8-10-14)15(23)11-12-22(16)21-19(25)28-20(2,3)4;1-2-20-15(19)13-14(12(18)8-9-17(13)16)21-10-11-6-4-3-5-7-11;1-2-18-15(17)14-13(12(16)8-9-19-14)20-10-11-6-4-3-5-7-11/h6-12H,5,13H2,1-4H3,(H,21,25);3-9H,2,10,16H2,1H3;3-9H,2,10H2,1H3. The highest BCUT2D eigenvalue weighted by atomic mass is 16.6. The predicted molar refractivity (Wildman–Crippen MR) is 252 cm³/mol. The summed E-state index contributed by atoms with van der Waals surface area (Å²) in [4.78, 5) is 84.2. The summed E-state index contributed by atoms with van der Waals surface area (Å²) in [7, 11) is 0. The van der Waals surface area contributed by atoms with Crippen LogP contribution < -0.4 is 41.8 Å². The number of carbonyl (C=O) groups excluding carboxylic acids is 4. The van der Waals surface area contributed by atoms with Gasteiger partial charge in [-0.25, -0.2) is 29.3 Å². The Hall–Kier alpha value is -8.61. The van der Waals surface area contributed by atoms with Crippen LogP contribution in [0.3, 0.4) is 0 Å². The second-order valence-corrected chi connectivity index (χ2v) is 15.0. The summed E-state index contributed by atoms with van der Waals surface area (Å²) in [5.41, 5.74) is 2.56. The first-order valence-corrected chi connectivity index (χ1v) is 21.5. The number of ether oxygens (including phenoxy) is 7. The zero-order valence-electron chi connectivity index (χ0n) is 39.0. The first-order valence-electron chi connectivity index (χ1n) is 21.5. The number of aromatic nitrogens is 2. The third-order valence-corrected chi connectivity index (χ3v) is 8.66. The van der Waals surface area contributed by atoms with Crippen molar-refractivity contribution in [1.82, 2.24) is 9.35 Å². The molecule has 0 bridgehead atoms. The molecule has 69 heavy (non-hydrogen) atoms. The molecule has 0 atom stereocenters. The number of nitrogens with two attached hydrogens (primary N) is 1. The van der Waals surface area contributed by atoms with Crippen LogP contribution in [0.15, 0.2) is 147 Å². The van der Waals surface area contributed by atoms with E-state index in [2.05, 4.69) is 5.43 Å². The van der Waals surface area contributed by atoms with Gasteiger partial charge in [-0.05, 0) is 58.2 Å². The SMILES string of the molecule is CCOC(=O)c1c(OCc2ccccc2)c(=O)ccn1N.CCOC(=O)c1c(OCc2ccccc2)c(=O)ccn1NC(=O)OC(C)(C)C.CCOC(=O)c1occc(=O)c1OCc1ccccc1. The van der Waals surface area contributed by atoms with Crippen LogP contribution in [0, 0.1) is 0 Å². The molecular weight excluding hydrogens is 897 g/mol. The van der Waals surface area contributed by atoms with E-state index in [0.717, 1.165) is 32.3 Å². The van der Waals surface area contributed by atoms with Crippen molar-refractivity contribution >= 4 is 24.0 Å². The Morgan fingerprint density at radius 3 is 1.42 bits per heavy atom. The Bertz CT molecular complexity index is 2800. The van der Waals surface area contributed by atoms with E-state index in [1.165, 1.54) is 30.6 Å². The topological polar surface area (TPSA) is 245 Å². The molecule has 3 heterocycles. The molecule has 19 heteroatoms. The van der Waals surface area contributed by atoms with Crippen LogP contribution in [-0.2, 0) is 38.8 Å². The fraction of sp³-hybridized carbons (Fsp3) is 0.260. The van der Waals surface area contributed by atoms with E-state index < -0.39 is 45.9 Å². The highest BCUT2D eigenvalue weighted by molar-refractivity contribution is 5.92. The summed E-state index contributed by atoms with van der Waals surface area (Å²) < 4.78 is 43.6. The number of hydrogen-bond donors (Lipinski definition) is 2. The maximum Gasteiger partial charge on any atom is 0.426 e. The average Bonchev–Trinajstić information content (AvgIpc) is 3.32. The fourth-order valence-corrected chi connectivity index (χ4v) is 5.68. The van der Waals surface area contributed by atoms with Crippen LogP contribution in [0.5, 0.6) is 17.2 Å². The molecule has 0 radical (unpaired) electrons. The minimum Gasteiger partial charge on any atom is -0.482 e. The number of carbonyl (C=O) groups is 4. The van der Waals surface area contributed by atoms with Gasteiger partial charge >= 0.3 is 24.0 Å². The van der Waals surface area contributed by atoms with Gasteiger partial charge in [0.15, 0.2) is 22.9 Å². The van der Waals surface area contributed by atoms with E-state index in [9.17, 15) is 33.6 Å². The maximum atomic E-state index is 12.5. The summed E-state index contributed by atoms with van der Waals surface area (Å²) in [6.07, 6.45) is 2.89. The molecule has 0 unspecified atom stereocenters. The van der Waals surface area contributed by atoms with Crippen LogP contribution >= 0.6 is 0 Å². The largest absolute Gasteiger partial charge is 0.482 e. The van der Waals surface area contributed by atoms with Gasteiger partial charge in [-0.2, -0.15) is 0 Å². The molecular formula is C50H54N4O15. The van der Waals surface area contributed by atoms with Gasteiger partial charge in [-0.15, -0.1) is 0 Å². The molecule has 3 aromatic heterocycles. The molecule has 1 amide bonds. The van der Waals surface area contributed by atoms with Crippen LogP contribution in [0.25, 0.3) is 0 Å². The molecule has 364 valence electrons. The van der Waals surface area contributed by atoms with E-state index in [4.69, 9.17) is 43.4 Å². The quantitative estimate of drug-likeness (QED) is 0.0576. The molecule has 19 nitrogen and oxygen atoms in total. The third kappa shape index (κ3) is 16.6. The molecule has 0 aliphatic rings. The zero-order chi connectivity index (χ0) is 50.3. The minimum atomic E-state index is -0.806. The molecule has 0 saturated heterocycles. The van der Waals surface area contributed by atoms with E-state index in [-0.39, 0.29) is 74.0 Å². The van der Waals surface area contributed by atoms with Crippen molar-refractivity contribution in [3.8, 4) is 17.2 Å². The molecule has 0 spiro atoms. The van der Waals surface area contributed by atoms with Crippen LogP contribution in [0.1, 0.15) is 89.8 Å². The second-order valence-electron chi connectivity index (χ2n) is 15.0. The van der Waals surface area contributed by atoms with Gasteiger partial charge in [0.1, 0.15) is 25.4 Å². The summed E-state index contributed by atoms with van der Waals surface area (Å²) in [6.45, 7) is 11.0. The Kier molecular flexibility index (Phi) is 20.4. The Morgan fingerprint density at radius 1 is 0.551 bits per heavy atom. The molecule has 0 fully saturated rings. The van der Waals surface area contributed by atoms with Gasteiger partial charge in [0, 0.05) is 30.6 Å². The molecule has 3 aromatic carbocycles. The number of nitrogen functional groups attached to an aromatic ring is 1. The predicted octanol–water partition coefficient (Wildman–Crippen LogP) is 6.80. The highest BCUT2D eigenvalue weighted by Gasteiger charge is 2.25. The van der Waals surface area contributed by atoms with Crippen molar-refractivity contribution in [2.24, 2.45) is 0 Å². The first-order chi connectivity index (χ1) is 33.1. The Balaban J connectivity index is 0.000000230. The summed E-state index contributed by atoms with van der Waals surface area (Å²) in [5.74, 6) is 2.80. The molecule has 0 saturated carbocycles. The lowest BCUT2D eigenvalue weighted by atomic mass is 10.2. The molecule has 6 rings (SSSR count). The normalized spacial score (nSPS) is 10.4. The van der Waals surface area contributed by atoms with Gasteiger partial charge in [0.2, 0.25) is 22.0 Å². The lowest BCUT2D eigenvalue weighted by Gasteiger charge is -2.22. The smallest absolute Gasteiger partial charge is 0.426 e. The fourth-order valence-electron chi connectivity index (χ4n) is 5.68. The maximum absolute atomic E-state index is 12.5. The number of amides is 1. The minimum absolute atomic E-state index is 0.0684. The van der Waals surface area contributed by atoms with Crippen LogP contribution in [0.4, 0.5) is 4.79 Å². The summed E-state index contributed by atoms with van der Waals surface area (Å²) in [5, 5.41) is 0. The first kappa shape index (κ1) is 53.0. The number of nitrogens with zero attached hydrogens (tertiary/aromatic N) is 2. The van der Waals surface area contributed by atoms with Crippen LogP contribution in [-0.4, -0.2) is 58.8 Å². The Labute approximate surface area is 396 Å². The van der Waals surface area contributed by atoms with Gasteiger partial charge in [0.25, 0.3) is 5.76 Å². The number of hydrogen-bond acceptors (Lipinski definition) is 16. The van der Waals surface area contributed by atoms with Gasteiger partial charge < -0.3 is 43.4 Å². The van der Waals surface area contributed by atoms with E-state index in [1.807, 2.05) is 91.0 Å². The van der Waals surface area contributed by atoms with Gasteiger partial charge in [-0.3, -0.25) is 19.1 Å². The third-order valence-electron chi connectivity index (χ3n) is 8.66. The summed E-state index contributed by atoms with van der Waals surface area (Å²) in [6, 6.07) is 31.4. The second kappa shape index (κ2) is 26.5. The lowest BCUT2D eigenvalue weighted by molar-refractivity contribution is 0.0473. The van der Waals surface area contributed by atoms with E-state index >= 15 is 0 Å². The lowest BCUT2D eigenvalue weighted by Crippen LogP contribution is -2.34. The van der Waals surface area contributed by atoms with Gasteiger partial charge in [-0.1, -0.05) is 91.0 Å². The van der Waals surface area contributed by atoms with E-state index in [1.54, 1.807) is 41.5 Å². The molecule has 3 N–H and O–H groups in total. The van der Waals surface area contributed by atoms with Crippen molar-refractivity contribution in [3.63, 3.8) is 0 Å².